The number of nitrogens with two attached hydrogens (primary N) is 1. The zero-order chi connectivity index (χ0) is 15.3. The highest BCUT2D eigenvalue weighted by atomic mass is 32.2. The summed E-state index contributed by atoms with van der Waals surface area (Å²) in [4.78, 5) is 2.48. The normalized spacial score (nSPS) is 12.4. The number of nitrogens with one attached hydrogen (secondary N) is 1. The maximum Gasteiger partial charge on any atom is 0.240 e. The summed E-state index contributed by atoms with van der Waals surface area (Å²) in [6.45, 7) is 10.1. The van der Waals surface area contributed by atoms with E-state index in [4.69, 9.17) is 5.14 Å². The lowest BCUT2D eigenvalue weighted by Crippen LogP contribution is -2.40. The van der Waals surface area contributed by atoms with Crippen LogP contribution in [0.3, 0.4) is 0 Å². The van der Waals surface area contributed by atoms with Crippen molar-refractivity contribution < 1.29 is 8.42 Å². The molecule has 0 aromatic heterocycles. The third-order valence-electron chi connectivity index (χ3n) is 3.21. The Balaban J connectivity index is 2.72. The van der Waals surface area contributed by atoms with E-state index < -0.39 is 10.0 Å². The molecule has 3 N–H and O–H groups in total. The van der Waals surface area contributed by atoms with E-state index in [0.29, 0.717) is 24.3 Å². The molecule has 0 aliphatic heterocycles. The summed E-state index contributed by atoms with van der Waals surface area (Å²) in [7, 11) is -3.69. The van der Waals surface area contributed by atoms with E-state index in [2.05, 4.69) is 37.9 Å². The molecule has 0 bridgehead atoms. The Labute approximate surface area is 122 Å². The molecular formula is C14H25N3O2S. The third-order valence-corrected chi connectivity index (χ3v) is 4.17. The number of benzene rings is 1. The fourth-order valence-electron chi connectivity index (χ4n) is 2.29. The Bertz CT molecular complexity index is 519. The van der Waals surface area contributed by atoms with Gasteiger partial charge in [0.1, 0.15) is 4.90 Å². The molecular weight excluding hydrogens is 274 g/mol. The molecule has 0 atom stereocenters. The third kappa shape index (κ3) is 4.77. The molecule has 0 spiro atoms. The van der Waals surface area contributed by atoms with Gasteiger partial charge < -0.3 is 5.32 Å². The molecule has 114 valence electrons. The van der Waals surface area contributed by atoms with Crippen molar-refractivity contribution in [3.05, 3.63) is 24.3 Å². The minimum atomic E-state index is -3.69. The zero-order valence-electron chi connectivity index (χ0n) is 12.6. The van der Waals surface area contributed by atoms with Gasteiger partial charge in [-0.3, -0.25) is 4.90 Å². The van der Waals surface area contributed by atoms with Gasteiger partial charge in [0, 0.05) is 25.2 Å². The quantitative estimate of drug-likeness (QED) is 0.806. The lowest BCUT2D eigenvalue weighted by Gasteiger charge is -2.30. The Kier molecular flexibility index (Phi) is 5.98. The first-order chi connectivity index (χ1) is 9.23. The first kappa shape index (κ1) is 16.9. The van der Waals surface area contributed by atoms with Crippen molar-refractivity contribution >= 4 is 15.7 Å². The summed E-state index contributed by atoms with van der Waals surface area (Å²) >= 11 is 0. The van der Waals surface area contributed by atoms with Crippen LogP contribution in [0.1, 0.15) is 27.7 Å². The van der Waals surface area contributed by atoms with Gasteiger partial charge in [-0.2, -0.15) is 0 Å². The Hall–Kier alpha value is -1.11. The predicted molar refractivity (Wildman–Crippen MR) is 83.3 cm³/mol. The van der Waals surface area contributed by atoms with Gasteiger partial charge in [-0.05, 0) is 39.8 Å². The molecule has 1 rings (SSSR count). The van der Waals surface area contributed by atoms with E-state index in [0.717, 1.165) is 6.54 Å². The van der Waals surface area contributed by atoms with E-state index >= 15 is 0 Å². The van der Waals surface area contributed by atoms with Crippen molar-refractivity contribution in [2.24, 2.45) is 5.14 Å². The van der Waals surface area contributed by atoms with Gasteiger partial charge in [0.25, 0.3) is 0 Å². The minimum absolute atomic E-state index is 0.139. The van der Waals surface area contributed by atoms with Crippen molar-refractivity contribution in [1.29, 1.82) is 0 Å². The van der Waals surface area contributed by atoms with Crippen molar-refractivity contribution in [3.8, 4) is 0 Å². The van der Waals surface area contributed by atoms with Crippen LogP contribution in [0, 0.1) is 0 Å². The predicted octanol–water partition coefficient (Wildman–Crippen LogP) is 1.86. The number of sulfonamides is 1. The van der Waals surface area contributed by atoms with Crippen LogP contribution in [0.4, 0.5) is 5.69 Å². The number of para-hydroxylation sites is 1. The fraction of sp³-hybridized carbons (Fsp3) is 0.571. The summed E-state index contributed by atoms with van der Waals surface area (Å²) in [5.74, 6) is 0. The first-order valence-electron chi connectivity index (χ1n) is 6.85. The summed E-state index contributed by atoms with van der Waals surface area (Å²) in [5.41, 5.74) is 0.558. The van der Waals surface area contributed by atoms with Crippen LogP contribution in [0.5, 0.6) is 0 Å². The number of rotatable bonds is 7. The lowest BCUT2D eigenvalue weighted by atomic mass is 10.2. The maximum atomic E-state index is 11.5. The highest BCUT2D eigenvalue weighted by Crippen LogP contribution is 2.19. The van der Waals surface area contributed by atoms with Crippen molar-refractivity contribution in [2.45, 2.75) is 44.7 Å². The number of primary sulfonamides is 1. The van der Waals surface area contributed by atoms with Crippen LogP contribution >= 0.6 is 0 Å². The van der Waals surface area contributed by atoms with Crippen LogP contribution in [-0.2, 0) is 10.0 Å². The standard InChI is InChI=1S/C14H25N3O2S/c1-11(2)17(12(3)4)10-9-16-13-7-5-6-8-14(13)20(15,18)19/h5-8,11-12,16H,9-10H2,1-4H3,(H2,15,18,19). The molecule has 20 heavy (non-hydrogen) atoms. The number of nitrogens with zero attached hydrogens (tertiary/aromatic N) is 1. The van der Waals surface area contributed by atoms with E-state index in [1.54, 1.807) is 18.2 Å². The molecule has 0 aliphatic rings. The molecule has 0 radical (unpaired) electrons. The van der Waals surface area contributed by atoms with Crippen LogP contribution in [0.2, 0.25) is 0 Å². The average Bonchev–Trinajstić information content (AvgIpc) is 2.33. The first-order valence-corrected chi connectivity index (χ1v) is 8.39. The molecule has 5 nitrogen and oxygen atoms in total. The fourth-order valence-corrected chi connectivity index (χ4v) is 3.01. The second kappa shape index (κ2) is 7.06. The van der Waals surface area contributed by atoms with Crippen LogP contribution in [-0.4, -0.2) is 38.5 Å². The largest absolute Gasteiger partial charge is 0.383 e. The molecule has 0 saturated heterocycles. The molecule has 1 aromatic rings. The second-order valence-electron chi connectivity index (χ2n) is 5.39. The molecule has 0 saturated carbocycles. The molecule has 0 aliphatic carbocycles. The van der Waals surface area contributed by atoms with E-state index in [1.807, 2.05) is 0 Å². The number of hydrogen-bond acceptors (Lipinski definition) is 4. The van der Waals surface area contributed by atoms with Gasteiger partial charge in [-0.15, -0.1) is 0 Å². The van der Waals surface area contributed by atoms with E-state index in [-0.39, 0.29) is 4.90 Å². The average molecular weight is 299 g/mol. The van der Waals surface area contributed by atoms with E-state index in [1.165, 1.54) is 6.07 Å². The summed E-state index contributed by atoms with van der Waals surface area (Å²) in [6, 6.07) is 7.60. The van der Waals surface area contributed by atoms with Crippen LogP contribution < -0.4 is 10.5 Å². The maximum absolute atomic E-state index is 11.5. The Morgan fingerprint density at radius 2 is 1.70 bits per heavy atom. The smallest absolute Gasteiger partial charge is 0.240 e. The Morgan fingerprint density at radius 3 is 2.20 bits per heavy atom. The van der Waals surface area contributed by atoms with Gasteiger partial charge in [-0.25, -0.2) is 13.6 Å². The van der Waals surface area contributed by atoms with Gasteiger partial charge >= 0.3 is 0 Å². The monoisotopic (exact) mass is 299 g/mol. The van der Waals surface area contributed by atoms with Crippen molar-refractivity contribution in [2.75, 3.05) is 18.4 Å². The van der Waals surface area contributed by atoms with Gasteiger partial charge in [-0.1, -0.05) is 12.1 Å². The Morgan fingerprint density at radius 1 is 1.15 bits per heavy atom. The molecule has 0 amide bonds. The molecule has 1 aromatic carbocycles. The topological polar surface area (TPSA) is 75.4 Å². The van der Waals surface area contributed by atoms with E-state index in [9.17, 15) is 8.42 Å². The zero-order valence-corrected chi connectivity index (χ0v) is 13.4. The summed E-state index contributed by atoms with van der Waals surface area (Å²) < 4.78 is 23.0. The minimum Gasteiger partial charge on any atom is -0.383 e. The summed E-state index contributed by atoms with van der Waals surface area (Å²) in [5, 5.41) is 8.37. The van der Waals surface area contributed by atoms with Crippen LogP contribution in [0.25, 0.3) is 0 Å². The summed E-state index contributed by atoms with van der Waals surface area (Å²) in [6.07, 6.45) is 0. The number of anilines is 1. The molecule has 6 heteroatoms. The molecule has 0 unspecified atom stereocenters. The van der Waals surface area contributed by atoms with Crippen LogP contribution in [0.15, 0.2) is 29.2 Å². The van der Waals surface area contributed by atoms with Gasteiger partial charge in [0.05, 0.1) is 5.69 Å². The van der Waals surface area contributed by atoms with Gasteiger partial charge in [0.2, 0.25) is 10.0 Å². The number of hydrogen-bond donors (Lipinski definition) is 2. The molecule has 0 fully saturated rings. The SMILES string of the molecule is CC(C)N(CCNc1ccccc1S(N)(=O)=O)C(C)C. The van der Waals surface area contributed by atoms with Gasteiger partial charge in [0.15, 0.2) is 0 Å². The second-order valence-corrected chi connectivity index (χ2v) is 6.92. The lowest BCUT2D eigenvalue weighted by molar-refractivity contribution is 0.182. The highest BCUT2D eigenvalue weighted by Gasteiger charge is 2.15. The molecule has 0 heterocycles. The van der Waals surface area contributed by atoms with Crippen molar-refractivity contribution in [3.63, 3.8) is 0 Å². The highest BCUT2D eigenvalue weighted by molar-refractivity contribution is 7.89. The van der Waals surface area contributed by atoms with Crippen molar-refractivity contribution in [1.82, 2.24) is 4.90 Å².